The summed E-state index contributed by atoms with van der Waals surface area (Å²) in [7, 11) is -2.29. The number of sulfonamides is 1. The number of nitrogens with one attached hydrogen (secondary N) is 3. The zero-order valence-electron chi connectivity index (χ0n) is 19.2. The summed E-state index contributed by atoms with van der Waals surface area (Å²) < 4.78 is 34.8. The number of ether oxygens (including phenoxy) is 1. The fourth-order valence-corrected chi connectivity index (χ4v) is 5.43. The molecule has 4 rings (SSSR count). The molecule has 3 aromatic rings. The van der Waals surface area contributed by atoms with Crippen molar-refractivity contribution in [1.29, 1.82) is 0 Å². The van der Waals surface area contributed by atoms with E-state index >= 15 is 0 Å². The number of hydrogen-bond acceptors (Lipinski definition) is 5. The van der Waals surface area contributed by atoms with Gasteiger partial charge in [-0.15, -0.1) is 0 Å². The third-order valence-electron chi connectivity index (χ3n) is 5.69. The van der Waals surface area contributed by atoms with Gasteiger partial charge in [0.15, 0.2) is 5.11 Å². The molecule has 3 aromatic carbocycles. The normalized spacial score (nSPS) is 13.4. The second-order valence-corrected chi connectivity index (χ2v) is 10.2. The number of benzene rings is 3. The van der Waals surface area contributed by atoms with Gasteiger partial charge < -0.3 is 20.3 Å². The average Bonchev–Trinajstić information content (AvgIpc) is 3.36. The van der Waals surface area contributed by atoms with Crippen molar-refractivity contribution in [2.75, 3.05) is 40.5 Å². The number of methoxy groups -OCH3 is 1. The maximum atomic E-state index is 13.5. The van der Waals surface area contributed by atoms with E-state index in [9.17, 15) is 8.42 Å². The van der Waals surface area contributed by atoms with Crippen LogP contribution in [-0.4, -0.2) is 33.7 Å². The molecule has 0 amide bonds. The van der Waals surface area contributed by atoms with Crippen molar-refractivity contribution in [3.05, 3.63) is 72.3 Å². The summed E-state index contributed by atoms with van der Waals surface area (Å²) in [5, 5.41) is 6.67. The number of para-hydroxylation sites is 1. The van der Waals surface area contributed by atoms with Gasteiger partial charge in [-0.3, -0.25) is 4.72 Å². The van der Waals surface area contributed by atoms with Crippen LogP contribution in [0.25, 0.3) is 0 Å². The van der Waals surface area contributed by atoms with Gasteiger partial charge in [0.1, 0.15) is 10.6 Å². The lowest BCUT2D eigenvalue weighted by atomic mass is 10.2. The monoisotopic (exact) mass is 496 g/mol. The van der Waals surface area contributed by atoms with Gasteiger partial charge in [0.05, 0.1) is 12.8 Å². The molecule has 3 N–H and O–H groups in total. The topological polar surface area (TPSA) is 82.7 Å². The van der Waals surface area contributed by atoms with Gasteiger partial charge in [-0.05, 0) is 86.1 Å². The van der Waals surface area contributed by atoms with E-state index in [0.29, 0.717) is 27.9 Å². The molecule has 1 aliphatic heterocycles. The lowest BCUT2D eigenvalue weighted by Gasteiger charge is -2.23. The van der Waals surface area contributed by atoms with Gasteiger partial charge in [0.25, 0.3) is 10.0 Å². The van der Waals surface area contributed by atoms with Crippen molar-refractivity contribution in [3.8, 4) is 5.75 Å². The fourth-order valence-electron chi connectivity index (χ4n) is 3.89. The summed E-state index contributed by atoms with van der Waals surface area (Å²) in [6, 6.07) is 19.9. The van der Waals surface area contributed by atoms with Crippen LogP contribution in [0.5, 0.6) is 5.75 Å². The quantitative estimate of drug-likeness (QED) is 0.387. The summed E-state index contributed by atoms with van der Waals surface area (Å²) in [4.78, 5) is 2.31. The van der Waals surface area contributed by atoms with Crippen molar-refractivity contribution in [2.45, 2.75) is 24.7 Å². The third kappa shape index (κ3) is 5.60. The average molecular weight is 497 g/mol. The number of anilines is 4. The molecule has 0 radical (unpaired) electrons. The molecule has 0 unspecified atom stereocenters. The van der Waals surface area contributed by atoms with E-state index in [1.807, 2.05) is 43.3 Å². The molecule has 0 bridgehead atoms. The minimum atomic E-state index is -3.86. The maximum absolute atomic E-state index is 13.5. The van der Waals surface area contributed by atoms with E-state index < -0.39 is 10.0 Å². The van der Waals surface area contributed by atoms with Crippen molar-refractivity contribution >= 4 is 50.1 Å². The second-order valence-electron chi connectivity index (χ2n) is 8.10. The highest BCUT2D eigenvalue weighted by molar-refractivity contribution is 7.93. The van der Waals surface area contributed by atoms with Crippen LogP contribution in [0.2, 0.25) is 0 Å². The first-order chi connectivity index (χ1) is 16.4. The Hall–Kier alpha value is -3.30. The Kier molecular flexibility index (Phi) is 7.23. The van der Waals surface area contributed by atoms with E-state index in [1.54, 1.807) is 37.4 Å². The molecule has 7 nitrogen and oxygen atoms in total. The molecule has 0 spiro atoms. The second kappa shape index (κ2) is 10.3. The Morgan fingerprint density at radius 1 is 0.941 bits per heavy atom. The summed E-state index contributed by atoms with van der Waals surface area (Å²) in [5.41, 5.74) is 3.68. The van der Waals surface area contributed by atoms with Gasteiger partial charge in [-0.25, -0.2) is 8.42 Å². The molecule has 0 aromatic heterocycles. The van der Waals surface area contributed by atoms with Gasteiger partial charge >= 0.3 is 0 Å². The van der Waals surface area contributed by atoms with Crippen LogP contribution in [0.3, 0.4) is 0 Å². The molecule has 178 valence electrons. The summed E-state index contributed by atoms with van der Waals surface area (Å²) >= 11 is 5.47. The largest absolute Gasteiger partial charge is 0.497 e. The molecule has 0 saturated carbocycles. The molecule has 0 aliphatic carbocycles. The molecule has 1 fully saturated rings. The van der Waals surface area contributed by atoms with E-state index in [2.05, 4.69) is 20.3 Å². The Bertz CT molecular complexity index is 1270. The molecular weight excluding hydrogens is 468 g/mol. The number of thiocarbonyl (C=S) groups is 1. The van der Waals surface area contributed by atoms with E-state index in [0.717, 1.165) is 37.2 Å². The lowest BCUT2D eigenvalue weighted by Crippen LogP contribution is -2.24. The van der Waals surface area contributed by atoms with Crippen LogP contribution in [0, 0.1) is 6.92 Å². The van der Waals surface area contributed by atoms with E-state index in [1.165, 1.54) is 0 Å². The molecule has 0 atom stereocenters. The Labute approximate surface area is 206 Å². The van der Waals surface area contributed by atoms with E-state index in [4.69, 9.17) is 17.0 Å². The maximum Gasteiger partial charge on any atom is 0.264 e. The SMILES string of the molecule is COc1ccc(NS(=O)(=O)c2cc(NC(=S)Nc3ccccc3C)ccc2N2CCCC2)cc1. The van der Waals surface area contributed by atoms with Crippen LogP contribution in [0.4, 0.5) is 22.7 Å². The first-order valence-electron chi connectivity index (χ1n) is 11.1. The fraction of sp³-hybridized carbons (Fsp3) is 0.240. The minimum Gasteiger partial charge on any atom is -0.497 e. The molecule has 1 saturated heterocycles. The number of nitrogens with zero attached hydrogens (tertiary/aromatic N) is 1. The highest BCUT2D eigenvalue weighted by Crippen LogP contribution is 2.32. The Morgan fingerprint density at radius 3 is 2.29 bits per heavy atom. The smallest absolute Gasteiger partial charge is 0.264 e. The zero-order valence-corrected chi connectivity index (χ0v) is 20.8. The van der Waals surface area contributed by atoms with Crippen molar-refractivity contribution in [3.63, 3.8) is 0 Å². The Balaban J connectivity index is 1.61. The van der Waals surface area contributed by atoms with Gasteiger partial charge in [-0.1, -0.05) is 18.2 Å². The van der Waals surface area contributed by atoms with Crippen LogP contribution in [-0.2, 0) is 10.0 Å². The summed E-state index contributed by atoms with van der Waals surface area (Å²) in [6.07, 6.45) is 2.08. The van der Waals surface area contributed by atoms with Crippen LogP contribution < -0.4 is 25.0 Å². The van der Waals surface area contributed by atoms with Gasteiger partial charge in [0, 0.05) is 30.2 Å². The highest BCUT2D eigenvalue weighted by atomic mass is 32.2. The molecule has 1 heterocycles. The van der Waals surface area contributed by atoms with Crippen LogP contribution >= 0.6 is 12.2 Å². The van der Waals surface area contributed by atoms with Gasteiger partial charge in [0.2, 0.25) is 0 Å². The highest BCUT2D eigenvalue weighted by Gasteiger charge is 2.25. The molecule has 9 heteroatoms. The minimum absolute atomic E-state index is 0.203. The standard InChI is InChI=1S/C25H28N4O3S2/c1-18-7-3-4-8-22(18)27-25(33)26-20-11-14-23(29-15-5-6-16-29)24(17-20)34(30,31)28-19-9-12-21(32-2)13-10-19/h3-4,7-14,17,28H,5-6,15-16H2,1-2H3,(H2,26,27,33). The van der Waals surface area contributed by atoms with Gasteiger partial charge in [-0.2, -0.15) is 0 Å². The number of aryl methyl sites for hydroxylation is 1. The first-order valence-corrected chi connectivity index (χ1v) is 12.9. The third-order valence-corrected chi connectivity index (χ3v) is 7.30. The first kappa shape index (κ1) is 23.8. The van der Waals surface area contributed by atoms with E-state index in [-0.39, 0.29) is 4.90 Å². The van der Waals surface area contributed by atoms with Crippen LogP contribution in [0.1, 0.15) is 18.4 Å². The predicted molar refractivity (Wildman–Crippen MR) is 143 cm³/mol. The number of hydrogen-bond donors (Lipinski definition) is 3. The molecule has 1 aliphatic rings. The van der Waals surface area contributed by atoms with Crippen LogP contribution in [0.15, 0.2) is 71.6 Å². The molecule has 34 heavy (non-hydrogen) atoms. The van der Waals surface area contributed by atoms with Crippen molar-refractivity contribution in [1.82, 2.24) is 0 Å². The van der Waals surface area contributed by atoms with Crippen molar-refractivity contribution < 1.29 is 13.2 Å². The Morgan fingerprint density at radius 2 is 1.62 bits per heavy atom. The predicted octanol–water partition coefficient (Wildman–Crippen LogP) is 5.21. The number of rotatable bonds is 7. The summed E-state index contributed by atoms with van der Waals surface area (Å²) in [5.74, 6) is 0.654. The lowest BCUT2D eigenvalue weighted by molar-refractivity contribution is 0.415. The molecular formula is C25H28N4O3S2. The summed E-state index contributed by atoms with van der Waals surface area (Å²) in [6.45, 7) is 3.64. The zero-order chi connectivity index (χ0) is 24.1. The van der Waals surface area contributed by atoms with Crippen molar-refractivity contribution in [2.24, 2.45) is 0 Å².